The Labute approximate surface area is 124 Å². The Balaban J connectivity index is 2.30. The Morgan fingerprint density at radius 1 is 1.29 bits per heavy atom. The smallest absolute Gasteiger partial charge is 0.371 e. The minimum Gasteiger partial charge on any atom is -0.475 e. The van der Waals surface area contributed by atoms with E-state index in [1.54, 1.807) is 7.05 Å². The molecular formula is C14H21NO5S. The molecule has 1 aliphatic rings. The van der Waals surface area contributed by atoms with Crippen molar-refractivity contribution in [3.8, 4) is 0 Å². The van der Waals surface area contributed by atoms with Crippen molar-refractivity contribution in [2.45, 2.75) is 56.4 Å². The fourth-order valence-electron chi connectivity index (χ4n) is 2.80. The Hall–Kier alpha value is -1.34. The van der Waals surface area contributed by atoms with Crippen molar-refractivity contribution in [1.82, 2.24) is 4.31 Å². The normalized spacial score (nSPS) is 17.9. The molecule has 1 heterocycles. The van der Waals surface area contributed by atoms with Gasteiger partial charge in [-0.05, 0) is 19.8 Å². The standard InChI is InChI=1S/C14H21NO5S/c1-10-13(9-12(20-10)14(16)17)21(18,19)15(2)11-7-5-3-4-6-8-11/h9,11H,3-8H2,1-2H3,(H,16,17). The van der Waals surface area contributed by atoms with Gasteiger partial charge in [0.05, 0.1) is 0 Å². The second-order valence-corrected chi connectivity index (χ2v) is 7.47. The lowest BCUT2D eigenvalue weighted by atomic mass is 10.1. The van der Waals surface area contributed by atoms with E-state index in [4.69, 9.17) is 9.52 Å². The van der Waals surface area contributed by atoms with Gasteiger partial charge in [0.15, 0.2) is 0 Å². The number of furan rings is 1. The number of nitrogens with zero attached hydrogens (tertiary/aromatic N) is 1. The molecule has 21 heavy (non-hydrogen) atoms. The van der Waals surface area contributed by atoms with E-state index in [1.807, 2.05) is 0 Å². The Bertz CT molecular complexity index is 611. The van der Waals surface area contributed by atoms with Gasteiger partial charge in [-0.25, -0.2) is 13.2 Å². The van der Waals surface area contributed by atoms with Gasteiger partial charge in [-0.1, -0.05) is 25.7 Å². The molecule has 118 valence electrons. The highest BCUT2D eigenvalue weighted by Crippen LogP contribution is 2.28. The van der Waals surface area contributed by atoms with Crippen molar-refractivity contribution < 1.29 is 22.7 Å². The van der Waals surface area contributed by atoms with Crippen LogP contribution in [0.15, 0.2) is 15.4 Å². The molecule has 0 saturated heterocycles. The molecule has 1 fully saturated rings. The number of aromatic carboxylic acids is 1. The summed E-state index contributed by atoms with van der Waals surface area (Å²) in [5.74, 6) is -1.50. The van der Waals surface area contributed by atoms with Crippen LogP contribution in [0, 0.1) is 6.92 Å². The quantitative estimate of drug-likeness (QED) is 0.863. The number of hydrogen-bond acceptors (Lipinski definition) is 4. The maximum absolute atomic E-state index is 12.7. The van der Waals surface area contributed by atoms with Crippen molar-refractivity contribution >= 4 is 16.0 Å². The molecule has 0 aromatic carbocycles. The van der Waals surface area contributed by atoms with Crippen LogP contribution in [0.25, 0.3) is 0 Å². The van der Waals surface area contributed by atoms with Gasteiger partial charge in [-0.2, -0.15) is 4.31 Å². The zero-order chi connectivity index (χ0) is 15.6. The summed E-state index contributed by atoms with van der Waals surface area (Å²) in [5.41, 5.74) is 0. The van der Waals surface area contributed by atoms with E-state index < -0.39 is 16.0 Å². The topological polar surface area (TPSA) is 87.8 Å². The van der Waals surface area contributed by atoms with Gasteiger partial charge in [0, 0.05) is 19.2 Å². The van der Waals surface area contributed by atoms with Crippen molar-refractivity contribution in [2.75, 3.05) is 7.05 Å². The molecule has 0 spiro atoms. The van der Waals surface area contributed by atoms with Gasteiger partial charge in [0.25, 0.3) is 0 Å². The molecule has 7 heteroatoms. The molecule has 0 aliphatic heterocycles. The molecule has 1 aliphatic carbocycles. The van der Waals surface area contributed by atoms with Gasteiger partial charge in [-0.3, -0.25) is 0 Å². The van der Waals surface area contributed by atoms with E-state index in [9.17, 15) is 13.2 Å². The van der Waals surface area contributed by atoms with Crippen LogP contribution in [-0.2, 0) is 10.0 Å². The van der Waals surface area contributed by atoms with Crippen LogP contribution < -0.4 is 0 Å². The van der Waals surface area contributed by atoms with E-state index in [0.29, 0.717) is 0 Å². The fourth-order valence-corrected chi connectivity index (χ4v) is 4.37. The third-order valence-corrected chi connectivity index (χ3v) is 6.10. The van der Waals surface area contributed by atoms with Crippen LogP contribution in [0.5, 0.6) is 0 Å². The summed E-state index contributed by atoms with van der Waals surface area (Å²) in [7, 11) is -2.15. The minimum atomic E-state index is -3.72. The van der Waals surface area contributed by atoms with Crippen molar-refractivity contribution in [3.05, 3.63) is 17.6 Å². The molecule has 0 bridgehead atoms. The molecule has 0 radical (unpaired) electrons. The summed E-state index contributed by atoms with van der Waals surface area (Å²) in [6.07, 6.45) is 6.01. The average Bonchev–Trinajstić information content (AvgIpc) is 2.65. The molecule has 0 amide bonds. The van der Waals surface area contributed by atoms with Crippen molar-refractivity contribution in [1.29, 1.82) is 0 Å². The summed E-state index contributed by atoms with van der Waals surface area (Å²) in [6.45, 7) is 1.47. The summed E-state index contributed by atoms with van der Waals surface area (Å²) in [6, 6.07) is 1.07. The zero-order valence-corrected chi connectivity index (χ0v) is 13.1. The average molecular weight is 315 g/mol. The summed E-state index contributed by atoms with van der Waals surface area (Å²) >= 11 is 0. The third kappa shape index (κ3) is 3.29. The number of hydrogen-bond donors (Lipinski definition) is 1. The van der Waals surface area contributed by atoms with Crippen LogP contribution in [0.4, 0.5) is 0 Å². The molecule has 0 atom stereocenters. The van der Waals surface area contributed by atoms with E-state index in [0.717, 1.165) is 44.6 Å². The third-order valence-electron chi connectivity index (χ3n) is 4.08. The van der Waals surface area contributed by atoms with E-state index in [2.05, 4.69) is 0 Å². The Kier molecular flexibility index (Phi) is 4.73. The lowest BCUT2D eigenvalue weighted by molar-refractivity contribution is 0.0661. The lowest BCUT2D eigenvalue weighted by Crippen LogP contribution is -2.36. The number of rotatable bonds is 4. The molecular weight excluding hydrogens is 294 g/mol. The first kappa shape index (κ1) is 16.0. The largest absolute Gasteiger partial charge is 0.475 e. The SMILES string of the molecule is Cc1oc(C(=O)O)cc1S(=O)(=O)N(C)C1CCCCCC1. The van der Waals surface area contributed by atoms with Gasteiger partial charge in [-0.15, -0.1) is 0 Å². The zero-order valence-electron chi connectivity index (χ0n) is 12.3. The molecule has 6 nitrogen and oxygen atoms in total. The highest BCUT2D eigenvalue weighted by Gasteiger charge is 2.32. The monoisotopic (exact) mass is 315 g/mol. The molecule has 1 saturated carbocycles. The summed E-state index contributed by atoms with van der Waals surface area (Å²) in [4.78, 5) is 10.9. The Morgan fingerprint density at radius 2 is 1.86 bits per heavy atom. The number of carboxylic acid groups (broad SMARTS) is 1. The number of sulfonamides is 1. The molecule has 2 rings (SSSR count). The van der Waals surface area contributed by atoms with Crippen molar-refractivity contribution in [2.24, 2.45) is 0 Å². The number of aryl methyl sites for hydroxylation is 1. The van der Waals surface area contributed by atoms with Gasteiger partial charge >= 0.3 is 5.97 Å². The highest BCUT2D eigenvalue weighted by molar-refractivity contribution is 7.89. The number of carboxylic acids is 1. The molecule has 1 N–H and O–H groups in total. The van der Waals surface area contributed by atoms with Crippen LogP contribution in [-0.4, -0.2) is 36.9 Å². The maximum atomic E-state index is 12.7. The summed E-state index contributed by atoms with van der Waals surface area (Å²) < 4.78 is 31.7. The fraction of sp³-hybridized carbons (Fsp3) is 0.643. The van der Waals surface area contributed by atoms with Gasteiger partial charge < -0.3 is 9.52 Å². The molecule has 0 unspecified atom stereocenters. The first-order valence-corrected chi connectivity index (χ1v) is 8.60. The minimum absolute atomic E-state index is 0.0277. The van der Waals surface area contributed by atoms with E-state index >= 15 is 0 Å². The lowest BCUT2D eigenvalue weighted by Gasteiger charge is -2.26. The second kappa shape index (κ2) is 6.19. The second-order valence-electron chi connectivity index (χ2n) is 5.50. The molecule has 1 aromatic heterocycles. The van der Waals surface area contributed by atoms with Gasteiger partial charge in [0.2, 0.25) is 15.8 Å². The van der Waals surface area contributed by atoms with Crippen LogP contribution in [0.3, 0.4) is 0 Å². The molecule has 1 aromatic rings. The predicted molar refractivity (Wildman–Crippen MR) is 76.8 cm³/mol. The number of carbonyl (C=O) groups is 1. The van der Waals surface area contributed by atoms with Gasteiger partial charge in [0.1, 0.15) is 10.7 Å². The first-order chi connectivity index (χ1) is 9.84. The predicted octanol–water partition coefficient (Wildman–Crippen LogP) is 2.63. The first-order valence-electron chi connectivity index (χ1n) is 7.16. The maximum Gasteiger partial charge on any atom is 0.371 e. The summed E-state index contributed by atoms with van der Waals surface area (Å²) in [5, 5.41) is 8.91. The van der Waals surface area contributed by atoms with Crippen molar-refractivity contribution in [3.63, 3.8) is 0 Å². The van der Waals surface area contributed by atoms with Crippen LogP contribution in [0.1, 0.15) is 54.8 Å². The van der Waals surface area contributed by atoms with E-state index in [1.165, 1.54) is 11.2 Å². The van der Waals surface area contributed by atoms with E-state index in [-0.39, 0.29) is 22.5 Å². The van der Waals surface area contributed by atoms with Crippen LogP contribution in [0.2, 0.25) is 0 Å². The van der Waals surface area contributed by atoms with Crippen LogP contribution >= 0.6 is 0 Å². The Morgan fingerprint density at radius 3 is 2.33 bits per heavy atom. The highest BCUT2D eigenvalue weighted by atomic mass is 32.2.